The number of hydrogen-bond acceptors (Lipinski definition) is 3. The van der Waals surface area contributed by atoms with Crippen LogP contribution in [0.2, 0.25) is 0 Å². The van der Waals surface area contributed by atoms with E-state index in [1.807, 2.05) is 0 Å². The van der Waals surface area contributed by atoms with E-state index in [1.54, 1.807) is 0 Å². The van der Waals surface area contributed by atoms with Crippen LogP contribution in [0.4, 0.5) is 0 Å². The van der Waals surface area contributed by atoms with E-state index >= 15 is 0 Å². The van der Waals surface area contributed by atoms with Gasteiger partial charge in [0.05, 0.1) is 0 Å². The van der Waals surface area contributed by atoms with E-state index in [0.717, 1.165) is 11.8 Å². The second-order valence-electron chi connectivity index (χ2n) is 12.1. The van der Waals surface area contributed by atoms with Gasteiger partial charge in [-0.15, -0.1) is 0 Å². The number of allylic oxidation sites excluding steroid dienone is 1. The largest absolute Gasteiger partial charge is 0.256 e. The number of hydrazine groups is 1. The van der Waals surface area contributed by atoms with Gasteiger partial charge >= 0.3 is 0 Å². The molecule has 0 bridgehead atoms. The molecule has 2 aromatic rings. The molecule has 1 saturated heterocycles. The third-order valence-corrected chi connectivity index (χ3v) is 8.81. The van der Waals surface area contributed by atoms with Crippen LogP contribution in [-0.4, -0.2) is 10.9 Å². The zero-order valence-electron chi connectivity index (χ0n) is 22.3. The molecule has 0 spiro atoms. The first kappa shape index (κ1) is 24.7. The van der Waals surface area contributed by atoms with Gasteiger partial charge in [0.1, 0.15) is 12.3 Å². The van der Waals surface area contributed by atoms with Crippen molar-refractivity contribution >= 4 is 0 Å². The van der Waals surface area contributed by atoms with Crippen molar-refractivity contribution in [3.63, 3.8) is 0 Å². The Balaban J connectivity index is 1.37. The lowest BCUT2D eigenvalue weighted by molar-refractivity contribution is 0.135. The maximum atomic E-state index is 3.67. The second-order valence-corrected chi connectivity index (χ2v) is 12.1. The zero-order valence-corrected chi connectivity index (χ0v) is 22.3. The predicted octanol–water partition coefficient (Wildman–Crippen LogP) is 7.88. The first-order chi connectivity index (χ1) is 16.9. The summed E-state index contributed by atoms with van der Waals surface area (Å²) in [7, 11) is 0. The predicted molar refractivity (Wildman–Crippen MR) is 147 cm³/mol. The number of hydrogen-bond donors (Lipinski definition) is 2. The van der Waals surface area contributed by atoms with Crippen LogP contribution in [-0.2, 0) is 5.41 Å². The van der Waals surface area contributed by atoms with Gasteiger partial charge in [-0.05, 0) is 84.5 Å². The molecular weight excluding hydrogens is 426 g/mol. The van der Waals surface area contributed by atoms with Gasteiger partial charge in [0.2, 0.25) is 0 Å². The minimum absolute atomic E-state index is 0.158. The molecule has 2 aliphatic carbocycles. The van der Waals surface area contributed by atoms with Gasteiger partial charge in [-0.1, -0.05) is 94.8 Å². The van der Waals surface area contributed by atoms with Crippen LogP contribution in [0.1, 0.15) is 120 Å². The summed E-state index contributed by atoms with van der Waals surface area (Å²) in [5.74, 6) is 1.69. The Kier molecular flexibility index (Phi) is 7.48. The van der Waals surface area contributed by atoms with Crippen molar-refractivity contribution in [1.29, 1.82) is 0 Å². The summed E-state index contributed by atoms with van der Waals surface area (Å²) in [5, 5.41) is 0. The fourth-order valence-corrected chi connectivity index (χ4v) is 6.41. The van der Waals surface area contributed by atoms with Crippen LogP contribution in [0.5, 0.6) is 0 Å². The Morgan fingerprint density at radius 2 is 1.34 bits per heavy atom. The van der Waals surface area contributed by atoms with Gasteiger partial charge in [-0.25, -0.2) is 10.9 Å². The molecular formula is C32H45N3. The molecule has 2 fully saturated rings. The highest BCUT2D eigenvalue weighted by Crippen LogP contribution is 2.40. The first-order valence-electron chi connectivity index (χ1n) is 14.1. The van der Waals surface area contributed by atoms with Crippen LogP contribution in [0.3, 0.4) is 0 Å². The third-order valence-electron chi connectivity index (χ3n) is 8.81. The summed E-state index contributed by atoms with van der Waals surface area (Å²) in [6.07, 6.45) is 15.7. The molecule has 3 nitrogen and oxygen atoms in total. The minimum Gasteiger partial charge on any atom is -0.256 e. The molecule has 0 radical (unpaired) electrons. The Labute approximate surface area is 213 Å². The topological polar surface area (TPSA) is 27.3 Å². The molecule has 5 rings (SSSR count). The normalized spacial score (nSPS) is 30.0. The molecule has 0 amide bonds. The van der Waals surface area contributed by atoms with Crippen LogP contribution in [0, 0.1) is 5.92 Å². The summed E-state index contributed by atoms with van der Waals surface area (Å²) < 4.78 is 0. The number of nitrogens with zero attached hydrogens (tertiary/aromatic N) is 1. The van der Waals surface area contributed by atoms with Gasteiger partial charge in [-0.3, -0.25) is 4.90 Å². The highest BCUT2D eigenvalue weighted by Gasteiger charge is 2.39. The Hall–Kier alpha value is -1.94. The Morgan fingerprint density at radius 1 is 0.771 bits per heavy atom. The Morgan fingerprint density at radius 3 is 1.86 bits per heavy atom. The smallest absolute Gasteiger partial charge is 0.101 e. The maximum Gasteiger partial charge on any atom is 0.101 e. The highest BCUT2D eigenvalue weighted by molar-refractivity contribution is 5.32. The molecule has 3 unspecified atom stereocenters. The fourth-order valence-electron chi connectivity index (χ4n) is 6.41. The zero-order chi connectivity index (χ0) is 24.4. The van der Waals surface area contributed by atoms with Crippen molar-refractivity contribution in [2.24, 2.45) is 5.92 Å². The third kappa shape index (κ3) is 5.43. The average Bonchev–Trinajstić information content (AvgIpc) is 3.34. The lowest BCUT2D eigenvalue weighted by atomic mass is 9.78. The van der Waals surface area contributed by atoms with Gasteiger partial charge in [0.15, 0.2) is 0 Å². The lowest BCUT2D eigenvalue weighted by Gasteiger charge is -2.36. The van der Waals surface area contributed by atoms with Crippen molar-refractivity contribution < 1.29 is 0 Å². The molecule has 1 heterocycles. The van der Waals surface area contributed by atoms with E-state index in [9.17, 15) is 0 Å². The molecule has 35 heavy (non-hydrogen) atoms. The van der Waals surface area contributed by atoms with Crippen LogP contribution in [0.25, 0.3) is 0 Å². The molecule has 188 valence electrons. The van der Waals surface area contributed by atoms with E-state index in [2.05, 4.69) is 104 Å². The fraction of sp³-hybridized carbons (Fsp3) is 0.562. The number of rotatable bonds is 5. The number of benzene rings is 2. The van der Waals surface area contributed by atoms with Crippen LogP contribution in [0.15, 0.2) is 60.7 Å². The van der Waals surface area contributed by atoms with E-state index in [1.165, 1.54) is 73.6 Å². The van der Waals surface area contributed by atoms with Crippen molar-refractivity contribution in [2.45, 2.75) is 109 Å². The van der Waals surface area contributed by atoms with Gasteiger partial charge < -0.3 is 0 Å². The summed E-state index contributed by atoms with van der Waals surface area (Å²) in [4.78, 5) is 2.66. The molecule has 3 atom stereocenters. The molecule has 1 saturated carbocycles. The number of nitrogens with one attached hydrogen (secondary N) is 2. The minimum atomic E-state index is 0.158. The first-order valence-corrected chi connectivity index (χ1v) is 14.1. The van der Waals surface area contributed by atoms with E-state index in [-0.39, 0.29) is 17.7 Å². The summed E-state index contributed by atoms with van der Waals surface area (Å²) in [6, 6.07) is 19.3. The standard InChI is InChI=1S/C32H45N3/c1-5-23-11-13-24(14-12-23)25-15-17-26(18-16-25)30-33-34-31(35(30)29-9-7-6-8-10-29)27-19-21-28(22-20-27)32(2,3)4/h7,9,15-24,29-31,33-34H,5-6,8,10-14H2,1-4H3. The maximum absolute atomic E-state index is 3.67. The molecule has 0 aromatic heterocycles. The Bertz CT molecular complexity index is 977. The summed E-state index contributed by atoms with van der Waals surface area (Å²) >= 11 is 0. The lowest BCUT2D eigenvalue weighted by Crippen LogP contribution is -2.38. The van der Waals surface area contributed by atoms with Crippen LogP contribution >= 0.6 is 0 Å². The van der Waals surface area contributed by atoms with E-state index in [4.69, 9.17) is 0 Å². The van der Waals surface area contributed by atoms with E-state index < -0.39 is 0 Å². The average molecular weight is 472 g/mol. The van der Waals surface area contributed by atoms with Crippen LogP contribution < -0.4 is 10.9 Å². The van der Waals surface area contributed by atoms with Gasteiger partial charge in [-0.2, -0.15) is 0 Å². The summed E-state index contributed by atoms with van der Waals surface area (Å²) in [6.45, 7) is 9.20. The second kappa shape index (κ2) is 10.6. The molecule has 2 N–H and O–H groups in total. The molecule has 3 aliphatic rings. The SMILES string of the molecule is CCC1CCC(c2ccc(C3NNC(c4ccc(C(C)(C)C)cc4)N3C3C=CCCC3)cc2)CC1. The van der Waals surface area contributed by atoms with Crippen molar-refractivity contribution in [3.05, 3.63) is 82.9 Å². The summed E-state index contributed by atoms with van der Waals surface area (Å²) in [5.41, 5.74) is 13.1. The van der Waals surface area contributed by atoms with Gasteiger partial charge in [0, 0.05) is 6.04 Å². The van der Waals surface area contributed by atoms with Crippen molar-refractivity contribution in [2.75, 3.05) is 0 Å². The highest BCUT2D eigenvalue weighted by atomic mass is 15.6. The monoisotopic (exact) mass is 471 g/mol. The quantitative estimate of drug-likeness (QED) is 0.434. The molecule has 3 heteroatoms. The van der Waals surface area contributed by atoms with Crippen molar-refractivity contribution in [3.8, 4) is 0 Å². The van der Waals surface area contributed by atoms with Gasteiger partial charge in [0.25, 0.3) is 0 Å². The molecule has 2 aromatic carbocycles. The molecule has 1 aliphatic heterocycles. The van der Waals surface area contributed by atoms with E-state index in [0.29, 0.717) is 6.04 Å². The van der Waals surface area contributed by atoms with Crippen molar-refractivity contribution in [1.82, 2.24) is 15.8 Å².